The molecule has 0 spiro atoms. The van der Waals surface area contributed by atoms with Crippen molar-refractivity contribution >= 4 is 17.9 Å². The highest BCUT2D eigenvalue weighted by molar-refractivity contribution is 5.73. The molecule has 0 saturated carbocycles. The maximum Gasteiger partial charge on any atom is 0.322 e. The molecule has 0 rings (SSSR count). The fourth-order valence-corrected chi connectivity index (χ4v) is 1.32. The molecule has 0 heterocycles. The molecule has 0 aromatic rings. The zero-order valence-corrected chi connectivity index (χ0v) is 15.4. The summed E-state index contributed by atoms with van der Waals surface area (Å²) in [5, 5.41) is 32.5. The third kappa shape index (κ3) is 22.2. The highest BCUT2D eigenvalue weighted by atomic mass is 16.4. The second kappa shape index (κ2) is 18.0. The van der Waals surface area contributed by atoms with Crippen LogP contribution in [0, 0.1) is 5.92 Å². The van der Waals surface area contributed by atoms with E-state index in [1.807, 2.05) is 13.8 Å². The minimum absolute atomic E-state index is 0.357. The largest absolute Gasteiger partial charge is 0.480 e. The topological polar surface area (TPSA) is 236 Å². The number of hydrogen-bond acceptors (Lipinski definition) is 8. The first kappa shape index (κ1) is 29.0. The SMILES string of the molecule is CC(C)CC(N)C(=O)O.NC(CO)C(=O)O.NCCCCC(N)C(=O)O. The van der Waals surface area contributed by atoms with Gasteiger partial charge in [-0.05, 0) is 31.7 Å². The molecular formula is C15H34N4O7. The Morgan fingerprint density at radius 1 is 0.808 bits per heavy atom. The minimum atomic E-state index is -1.18. The summed E-state index contributed by atoms with van der Waals surface area (Å²) in [5.41, 5.74) is 20.4. The molecule has 3 unspecified atom stereocenters. The van der Waals surface area contributed by atoms with Crippen LogP contribution in [0.2, 0.25) is 0 Å². The van der Waals surface area contributed by atoms with Gasteiger partial charge in [0.2, 0.25) is 0 Å². The van der Waals surface area contributed by atoms with Crippen molar-refractivity contribution in [2.45, 2.75) is 57.7 Å². The monoisotopic (exact) mass is 382 g/mol. The second-order valence-corrected chi connectivity index (χ2v) is 5.93. The Hall–Kier alpha value is -1.79. The molecule has 0 aromatic heterocycles. The van der Waals surface area contributed by atoms with Gasteiger partial charge in [0.15, 0.2) is 0 Å². The van der Waals surface area contributed by atoms with Crippen LogP contribution in [0.15, 0.2) is 0 Å². The van der Waals surface area contributed by atoms with E-state index in [0.29, 0.717) is 25.3 Å². The Bertz CT molecular complexity index is 394. The Balaban J connectivity index is -0.000000310. The van der Waals surface area contributed by atoms with Crippen molar-refractivity contribution < 1.29 is 34.8 Å². The van der Waals surface area contributed by atoms with Gasteiger partial charge in [-0.2, -0.15) is 0 Å². The summed E-state index contributed by atoms with van der Waals surface area (Å²) in [7, 11) is 0. The van der Waals surface area contributed by atoms with Crippen LogP contribution in [0.1, 0.15) is 39.5 Å². The predicted molar refractivity (Wildman–Crippen MR) is 96.3 cm³/mol. The smallest absolute Gasteiger partial charge is 0.322 e. The summed E-state index contributed by atoms with van der Waals surface area (Å²) in [5.74, 6) is -2.67. The highest BCUT2D eigenvalue weighted by Crippen LogP contribution is 2.01. The fraction of sp³-hybridized carbons (Fsp3) is 0.800. The Morgan fingerprint density at radius 2 is 1.23 bits per heavy atom. The lowest BCUT2D eigenvalue weighted by molar-refractivity contribution is -0.140. The van der Waals surface area contributed by atoms with Crippen molar-refractivity contribution in [1.29, 1.82) is 0 Å². The number of unbranched alkanes of at least 4 members (excludes halogenated alkanes) is 1. The molecule has 0 aromatic carbocycles. The summed E-state index contributed by atoms with van der Waals surface area (Å²) in [6.07, 6.45) is 2.72. The minimum Gasteiger partial charge on any atom is -0.480 e. The van der Waals surface area contributed by atoms with E-state index in [9.17, 15) is 14.4 Å². The molecule has 0 aliphatic carbocycles. The van der Waals surface area contributed by atoms with E-state index in [0.717, 1.165) is 12.8 Å². The van der Waals surface area contributed by atoms with E-state index in [4.69, 9.17) is 43.4 Å². The van der Waals surface area contributed by atoms with Gasteiger partial charge in [0.25, 0.3) is 0 Å². The van der Waals surface area contributed by atoms with Crippen molar-refractivity contribution in [3.05, 3.63) is 0 Å². The van der Waals surface area contributed by atoms with E-state index in [1.54, 1.807) is 0 Å². The number of rotatable bonds is 10. The molecule has 12 N–H and O–H groups in total. The molecule has 0 radical (unpaired) electrons. The number of aliphatic hydroxyl groups is 1. The standard InChI is InChI=1S/C6H14N2O2.C6H13NO2.C3H7NO3/c7-4-2-1-3-5(8)6(9)10;1-4(2)3-5(7)6(8)9;4-2(1-5)3(6)7/h5H,1-4,7-8H2,(H,9,10);4-5H,3,7H2,1-2H3,(H,8,9);2,5H,1,4H2,(H,6,7). The van der Waals surface area contributed by atoms with Crippen molar-refractivity contribution in [2.24, 2.45) is 28.9 Å². The number of carbonyl (C=O) groups is 3. The normalized spacial score (nSPS) is 13.4. The molecule has 0 fully saturated rings. The summed E-state index contributed by atoms with van der Waals surface area (Å²) in [6, 6.07) is -2.53. The van der Waals surface area contributed by atoms with Gasteiger partial charge in [-0.25, -0.2) is 0 Å². The first-order valence-electron chi connectivity index (χ1n) is 8.16. The molecule has 11 nitrogen and oxygen atoms in total. The first-order chi connectivity index (χ1) is 11.9. The lowest BCUT2D eigenvalue weighted by Gasteiger charge is -2.07. The Labute approximate surface area is 153 Å². The van der Waals surface area contributed by atoms with Crippen LogP contribution >= 0.6 is 0 Å². The molecule has 26 heavy (non-hydrogen) atoms. The molecule has 0 amide bonds. The zero-order valence-electron chi connectivity index (χ0n) is 15.4. The molecule has 0 aliphatic rings. The van der Waals surface area contributed by atoms with Crippen LogP contribution in [0.3, 0.4) is 0 Å². The van der Waals surface area contributed by atoms with E-state index in [2.05, 4.69) is 0 Å². The number of nitrogens with two attached hydrogens (primary N) is 4. The van der Waals surface area contributed by atoms with Gasteiger partial charge in [0.1, 0.15) is 18.1 Å². The molecule has 0 bridgehead atoms. The van der Waals surface area contributed by atoms with E-state index in [1.165, 1.54) is 0 Å². The predicted octanol–water partition coefficient (Wildman–Crippen LogP) is -1.64. The van der Waals surface area contributed by atoms with Gasteiger partial charge in [0, 0.05) is 0 Å². The number of carboxylic acids is 3. The van der Waals surface area contributed by atoms with Crippen molar-refractivity contribution in [2.75, 3.05) is 13.2 Å². The van der Waals surface area contributed by atoms with Crippen LogP contribution in [0.4, 0.5) is 0 Å². The fourth-order valence-electron chi connectivity index (χ4n) is 1.32. The zero-order chi connectivity index (χ0) is 21.3. The van der Waals surface area contributed by atoms with E-state index >= 15 is 0 Å². The van der Waals surface area contributed by atoms with Gasteiger partial charge in [-0.3, -0.25) is 14.4 Å². The summed E-state index contributed by atoms with van der Waals surface area (Å²) >= 11 is 0. The maximum absolute atomic E-state index is 10.1. The summed E-state index contributed by atoms with van der Waals surface area (Å²) in [6.45, 7) is 3.99. The van der Waals surface area contributed by atoms with Gasteiger partial charge >= 0.3 is 17.9 Å². The van der Waals surface area contributed by atoms with E-state index < -0.39 is 42.6 Å². The van der Waals surface area contributed by atoms with Crippen molar-refractivity contribution in [3.63, 3.8) is 0 Å². The van der Waals surface area contributed by atoms with Gasteiger partial charge in [0.05, 0.1) is 6.61 Å². The molecule has 3 atom stereocenters. The summed E-state index contributed by atoms with van der Waals surface area (Å²) < 4.78 is 0. The Morgan fingerprint density at radius 3 is 1.42 bits per heavy atom. The quantitative estimate of drug-likeness (QED) is 0.199. The van der Waals surface area contributed by atoms with Crippen molar-refractivity contribution in [3.8, 4) is 0 Å². The Kier molecular flexibility index (Phi) is 20.1. The first-order valence-corrected chi connectivity index (χ1v) is 8.16. The third-order valence-corrected chi connectivity index (χ3v) is 2.84. The highest BCUT2D eigenvalue weighted by Gasteiger charge is 2.12. The molecular weight excluding hydrogens is 348 g/mol. The number of aliphatic carboxylic acids is 3. The second-order valence-electron chi connectivity index (χ2n) is 5.93. The lowest BCUT2D eigenvalue weighted by atomic mass is 10.1. The lowest BCUT2D eigenvalue weighted by Crippen LogP contribution is -2.33. The van der Waals surface area contributed by atoms with Crippen molar-refractivity contribution in [1.82, 2.24) is 0 Å². The van der Waals surface area contributed by atoms with Crippen LogP contribution in [0.25, 0.3) is 0 Å². The van der Waals surface area contributed by atoms with Gasteiger partial charge in [-0.15, -0.1) is 0 Å². The number of carboxylic acid groups (broad SMARTS) is 3. The third-order valence-electron chi connectivity index (χ3n) is 2.84. The maximum atomic E-state index is 10.1. The van der Waals surface area contributed by atoms with Crippen LogP contribution < -0.4 is 22.9 Å². The molecule has 156 valence electrons. The average molecular weight is 382 g/mol. The van der Waals surface area contributed by atoms with E-state index in [-0.39, 0.29) is 0 Å². The summed E-state index contributed by atoms with van der Waals surface area (Å²) in [4.78, 5) is 29.9. The number of aliphatic hydroxyl groups excluding tert-OH is 1. The molecule has 11 heteroatoms. The van der Waals surface area contributed by atoms with Crippen LogP contribution in [-0.2, 0) is 14.4 Å². The van der Waals surface area contributed by atoms with Gasteiger partial charge in [-0.1, -0.05) is 20.3 Å². The molecule has 0 saturated heterocycles. The van der Waals surface area contributed by atoms with Crippen LogP contribution in [-0.4, -0.2) is 69.6 Å². The number of hydrogen-bond donors (Lipinski definition) is 8. The molecule has 0 aliphatic heterocycles. The van der Waals surface area contributed by atoms with Crippen LogP contribution in [0.5, 0.6) is 0 Å². The average Bonchev–Trinajstić information content (AvgIpc) is 2.54. The van der Waals surface area contributed by atoms with Gasteiger partial charge < -0.3 is 43.4 Å².